The molecule has 154 valence electrons. The summed E-state index contributed by atoms with van der Waals surface area (Å²) in [7, 11) is 0. The van der Waals surface area contributed by atoms with Gasteiger partial charge < -0.3 is 11.1 Å². The second-order valence-corrected chi connectivity index (χ2v) is 7.30. The van der Waals surface area contributed by atoms with E-state index >= 15 is 0 Å². The first kappa shape index (κ1) is 20.9. The minimum absolute atomic E-state index is 0.0570. The van der Waals surface area contributed by atoms with Gasteiger partial charge in [0, 0.05) is 12.5 Å². The zero-order valence-electron chi connectivity index (χ0n) is 16.1. The van der Waals surface area contributed by atoms with Gasteiger partial charge >= 0.3 is 0 Å². The molecule has 1 aliphatic rings. The number of carbonyl (C=O) groups is 2. The summed E-state index contributed by atoms with van der Waals surface area (Å²) in [5.74, 6) is -1.35. The van der Waals surface area contributed by atoms with Gasteiger partial charge in [0.2, 0.25) is 11.8 Å². The van der Waals surface area contributed by atoms with E-state index in [0.29, 0.717) is 50.0 Å². The normalized spacial score (nSPS) is 16.3. The lowest BCUT2D eigenvalue weighted by atomic mass is 9.93. The van der Waals surface area contributed by atoms with E-state index in [4.69, 9.17) is 5.73 Å². The number of primary amides is 1. The number of likely N-dealkylation sites (tertiary alicyclic amines) is 1. The Kier molecular flexibility index (Phi) is 6.93. The first-order chi connectivity index (χ1) is 14.0. The van der Waals surface area contributed by atoms with E-state index in [-0.39, 0.29) is 23.5 Å². The Morgan fingerprint density at radius 1 is 1.07 bits per heavy atom. The molecule has 0 saturated carbocycles. The lowest BCUT2D eigenvalue weighted by Gasteiger charge is -2.35. The van der Waals surface area contributed by atoms with Crippen LogP contribution in [-0.2, 0) is 16.0 Å². The number of nitrogens with two attached hydrogens (primary N) is 1. The van der Waals surface area contributed by atoms with Crippen molar-refractivity contribution in [2.24, 2.45) is 11.7 Å². The van der Waals surface area contributed by atoms with Gasteiger partial charge in [-0.15, -0.1) is 0 Å². The molecule has 1 saturated heterocycles. The molecule has 1 unspecified atom stereocenters. The van der Waals surface area contributed by atoms with Crippen molar-refractivity contribution in [3.63, 3.8) is 0 Å². The first-order valence-corrected chi connectivity index (χ1v) is 9.75. The van der Waals surface area contributed by atoms with E-state index < -0.39 is 11.9 Å². The highest BCUT2D eigenvalue weighted by molar-refractivity contribution is 5.82. The zero-order chi connectivity index (χ0) is 20.8. The predicted molar refractivity (Wildman–Crippen MR) is 106 cm³/mol. The summed E-state index contributed by atoms with van der Waals surface area (Å²) < 4.78 is 26.8. The molecule has 1 atom stereocenters. The minimum atomic E-state index is -0.638. The molecule has 1 aliphatic heterocycles. The highest BCUT2D eigenvalue weighted by atomic mass is 19.1. The van der Waals surface area contributed by atoms with Crippen molar-refractivity contribution in [2.75, 3.05) is 19.6 Å². The van der Waals surface area contributed by atoms with E-state index in [1.807, 2.05) is 4.90 Å². The van der Waals surface area contributed by atoms with Gasteiger partial charge in [0.1, 0.15) is 17.7 Å². The molecule has 7 heteroatoms. The van der Waals surface area contributed by atoms with Crippen LogP contribution in [0.5, 0.6) is 0 Å². The Bertz CT molecular complexity index is 849. The zero-order valence-corrected chi connectivity index (χ0v) is 16.1. The van der Waals surface area contributed by atoms with Crippen LogP contribution in [0, 0.1) is 17.6 Å². The molecular weight excluding hydrogens is 376 g/mol. The van der Waals surface area contributed by atoms with E-state index in [2.05, 4.69) is 5.32 Å². The van der Waals surface area contributed by atoms with Crippen LogP contribution in [0.4, 0.5) is 8.78 Å². The van der Waals surface area contributed by atoms with Gasteiger partial charge in [-0.2, -0.15) is 0 Å². The van der Waals surface area contributed by atoms with Crippen LogP contribution < -0.4 is 11.1 Å². The van der Waals surface area contributed by atoms with Gasteiger partial charge in [-0.3, -0.25) is 14.5 Å². The number of hydrogen-bond donors (Lipinski definition) is 2. The average Bonchev–Trinajstić information content (AvgIpc) is 2.71. The van der Waals surface area contributed by atoms with E-state index in [9.17, 15) is 18.4 Å². The number of benzene rings is 2. The number of halogens is 2. The van der Waals surface area contributed by atoms with Crippen LogP contribution in [0.1, 0.15) is 30.0 Å². The highest BCUT2D eigenvalue weighted by Crippen LogP contribution is 2.27. The van der Waals surface area contributed by atoms with Gasteiger partial charge in [-0.25, -0.2) is 8.78 Å². The van der Waals surface area contributed by atoms with Crippen LogP contribution in [0.25, 0.3) is 0 Å². The lowest BCUT2D eigenvalue weighted by Crippen LogP contribution is -2.45. The SMILES string of the molecule is NC(=O)C(c1ccc(F)cc1)N1CCC(C(=O)NCCc2ccccc2F)CC1. The first-order valence-electron chi connectivity index (χ1n) is 9.75. The fourth-order valence-electron chi connectivity index (χ4n) is 3.79. The Labute approximate surface area is 168 Å². The summed E-state index contributed by atoms with van der Waals surface area (Å²) in [4.78, 5) is 26.3. The van der Waals surface area contributed by atoms with Crippen molar-refractivity contribution < 1.29 is 18.4 Å². The third-order valence-corrected chi connectivity index (χ3v) is 5.37. The molecule has 0 aliphatic carbocycles. The minimum Gasteiger partial charge on any atom is -0.368 e. The molecule has 5 nitrogen and oxygen atoms in total. The highest BCUT2D eigenvalue weighted by Gasteiger charge is 2.32. The molecule has 0 spiro atoms. The summed E-state index contributed by atoms with van der Waals surface area (Å²) in [6.45, 7) is 1.45. The maximum atomic E-state index is 13.6. The van der Waals surface area contributed by atoms with Crippen LogP contribution in [0.2, 0.25) is 0 Å². The van der Waals surface area contributed by atoms with Crippen molar-refractivity contribution in [1.29, 1.82) is 0 Å². The second kappa shape index (κ2) is 9.60. The summed E-state index contributed by atoms with van der Waals surface area (Å²) >= 11 is 0. The second-order valence-electron chi connectivity index (χ2n) is 7.30. The summed E-state index contributed by atoms with van der Waals surface area (Å²) in [6, 6.07) is 11.6. The summed E-state index contributed by atoms with van der Waals surface area (Å²) in [5.41, 5.74) is 6.80. The Morgan fingerprint density at radius 2 is 1.72 bits per heavy atom. The van der Waals surface area contributed by atoms with Crippen LogP contribution >= 0.6 is 0 Å². The molecule has 1 fully saturated rings. The third-order valence-electron chi connectivity index (χ3n) is 5.37. The van der Waals surface area contributed by atoms with E-state index in [1.165, 1.54) is 18.2 Å². The monoisotopic (exact) mass is 401 g/mol. The standard InChI is InChI=1S/C22H25F2N3O2/c23-18-7-5-16(6-8-18)20(21(25)28)27-13-10-17(11-14-27)22(29)26-12-9-15-3-1-2-4-19(15)24/h1-8,17,20H,9-14H2,(H2,25,28)(H,26,29). The summed E-state index contributed by atoms with van der Waals surface area (Å²) in [5, 5.41) is 2.88. The quantitative estimate of drug-likeness (QED) is 0.749. The van der Waals surface area contributed by atoms with Crippen LogP contribution in [-0.4, -0.2) is 36.3 Å². The van der Waals surface area contributed by atoms with Crippen molar-refractivity contribution in [3.8, 4) is 0 Å². The average molecular weight is 401 g/mol. The number of rotatable bonds is 7. The van der Waals surface area contributed by atoms with Gasteiger partial charge in [0.05, 0.1) is 0 Å². The third kappa shape index (κ3) is 5.38. The van der Waals surface area contributed by atoms with Crippen molar-refractivity contribution >= 4 is 11.8 Å². The number of hydrogen-bond acceptors (Lipinski definition) is 3. The molecule has 2 aromatic rings. The Morgan fingerprint density at radius 3 is 2.34 bits per heavy atom. The van der Waals surface area contributed by atoms with Crippen LogP contribution in [0.15, 0.2) is 48.5 Å². The molecule has 2 amide bonds. The molecule has 29 heavy (non-hydrogen) atoms. The Balaban J connectivity index is 1.51. The lowest BCUT2D eigenvalue weighted by molar-refractivity contribution is -0.127. The van der Waals surface area contributed by atoms with Gasteiger partial charge in [0.25, 0.3) is 0 Å². The topological polar surface area (TPSA) is 75.4 Å². The molecule has 0 bridgehead atoms. The number of amides is 2. The van der Waals surface area contributed by atoms with Crippen LogP contribution in [0.3, 0.4) is 0 Å². The smallest absolute Gasteiger partial charge is 0.239 e. The number of carbonyl (C=O) groups excluding carboxylic acids is 2. The van der Waals surface area contributed by atoms with Gasteiger partial charge in [-0.1, -0.05) is 30.3 Å². The molecule has 3 N–H and O–H groups in total. The molecule has 2 aromatic carbocycles. The predicted octanol–water partition coefficient (Wildman–Crippen LogP) is 2.56. The largest absolute Gasteiger partial charge is 0.368 e. The number of nitrogens with one attached hydrogen (secondary N) is 1. The molecule has 1 heterocycles. The van der Waals surface area contributed by atoms with Crippen molar-refractivity contribution in [2.45, 2.75) is 25.3 Å². The number of piperidine rings is 1. The van der Waals surface area contributed by atoms with Crippen molar-refractivity contribution in [1.82, 2.24) is 10.2 Å². The van der Waals surface area contributed by atoms with E-state index in [1.54, 1.807) is 30.3 Å². The number of nitrogens with zero attached hydrogens (tertiary/aromatic N) is 1. The van der Waals surface area contributed by atoms with Gasteiger partial charge in [0.15, 0.2) is 0 Å². The summed E-state index contributed by atoms with van der Waals surface area (Å²) in [6.07, 6.45) is 1.62. The maximum absolute atomic E-state index is 13.6. The van der Waals surface area contributed by atoms with E-state index in [0.717, 1.165) is 0 Å². The molecule has 0 radical (unpaired) electrons. The Hall–Kier alpha value is -2.80. The maximum Gasteiger partial charge on any atom is 0.239 e. The molecule has 3 rings (SSSR count). The molecule has 0 aromatic heterocycles. The fourth-order valence-corrected chi connectivity index (χ4v) is 3.79. The van der Waals surface area contributed by atoms with Gasteiger partial charge in [-0.05, 0) is 61.7 Å². The molecular formula is C22H25F2N3O2. The fraction of sp³-hybridized carbons (Fsp3) is 0.364. The van der Waals surface area contributed by atoms with Crippen molar-refractivity contribution in [3.05, 3.63) is 71.3 Å².